The predicted octanol–water partition coefficient (Wildman–Crippen LogP) is 4.36. The summed E-state index contributed by atoms with van der Waals surface area (Å²) in [6.07, 6.45) is 6.13. The highest BCUT2D eigenvalue weighted by molar-refractivity contribution is 14.1. The molecule has 19 heavy (non-hydrogen) atoms. The van der Waals surface area contributed by atoms with Crippen LogP contribution in [0.3, 0.4) is 0 Å². The van der Waals surface area contributed by atoms with Crippen LogP contribution in [0.2, 0.25) is 0 Å². The van der Waals surface area contributed by atoms with Gasteiger partial charge in [-0.2, -0.15) is 0 Å². The molecule has 102 valence electrons. The van der Waals surface area contributed by atoms with Gasteiger partial charge in [-0.1, -0.05) is 6.42 Å². The number of nitrogens with one attached hydrogen (secondary N) is 1. The summed E-state index contributed by atoms with van der Waals surface area (Å²) < 4.78 is 1.21. The summed E-state index contributed by atoms with van der Waals surface area (Å²) in [5, 5.41) is 3.08. The number of benzene rings is 1. The van der Waals surface area contributed by atoms with E-state index >= 15 is 0 Å². The molecule has 2 fully saturated rings. The number of amides is 1. The Morgan fingerprint density at radius 2 is 2.21 bits per heavy atom. The topological polar surface area (TPSA) is 29.1 Å². The number of halogens is 1. The fourth-order valence-corrected chi connectivity index (χ4v) is 4.48. The first-order valence-corrected chi connectivity index (χ1v) is 8.25. The highest BCUT2D eigenvalue weighted by atomic mass is 127. The van der Waals surface area contributed by atoms with Gasteiger partial charge in [-0.25, -0.2) is 0 Å². The van der Waals surface area contributed by atoms with Crippen LogP contribution in [0.4, 0.5) is 5.69 Å². The molecule has 0 radical (unpaired) electrons. The van der Waals surface area contributed by atoms with Gasteiger partial charge in [0.25, 0.3) is 0 Å². The molecule has 0 aliphatic heterocycles. The van der Waals surface area contributed by atoms with E-state index in [1.165, 1.54) is 29.3 Å². The zero-order valence-corrected chi connectivity index (χ0v) is 13.4. The van der Waals surface area contributed by atoms with Gasteiger partial charge in [0.05, 0.1) is 0 Å². The molecule has 0 spiro atoms. The smallest absolute Gasteiger partial charge is 0.224 e. The summed E-state index contributed by atoms with van der Waals surface area (Å²) in [6.45, 7) is 2.05. The molecular formula is C16H20INO. The summed E-state index contributed by atoms with van der Waals surface area (Å²) >= 11 is 2.30. The monoisotopic (exact) mass is 369 g/mol. The lowest BCUT2D eigenvalue weighted by Crippen LogP contribution is -2.20. The average molecular weight is 369 g/mol. The molecule has 2 aliphatic rings. The van der Waals surface area contributed by atoms with Crippen LogP contribution in [-0.4, -0.2) is 5.91 Å². The summed E-state index contributed by atoms with van der Waals surface area (Å²) in [7, 11) is 0. The van der Waals surface area contributed by atoms with E-state index in [1.807, 2.05) is 12.1 Å². The minimum atomic E-state index is 0.196. The average Bonchev–Trinajstić information content (AvgIpc) is 2.95. The van der Waals surface area contributed by atoms with Crippen molar-refractivity contribution in [3.63, 3.8) is 0 Å². The normalized spacial score (nSPS) is 28.6. The maximum atomic E-state index is 12.2. The molecule has 3 rings (SSSR count). The minimum Gasteiger partial charge on any atom is -0.326 e. The van der Waals surface area contributed by atoms with Crippen molar-refractivity contribution in [3.8, 4) is 0 Å². The van der Waals surface area contributed by atoms with Crippen molar-refractivity contribution in [2.75, 3.05) is 5.32 Å². The number of hydrogen-bond acceptors (Lipinski definition) is 1. The van der Waals surface area contributed by atoms with Crippen LogP contribution in [0.15, 0.2) is 18.2 Å². The van der Waals surface area contributed by atoms with E-state index in [0.717, 1.165) is 23.1 Å². The lowest BCUT2D eigenvalue weighted by molar-refractivity contribution is -0.117. The van der Waals surface area contributed by atoms with Gasteiger partial charge in [0.2, 0.25) is 5.91 Å². The van der Waals surface area contributed by atoms with E-state index in [2.05, 4.69) is 40.9 Å². The summed E-state index contributed by atoms with van der Waals surface area (Å²) in [5.74, 6) is 2.58. The Morgan fingerprint density at radius 3 is 2.84 bits per heavy atom. The van der Waals surface area contributed by atoms with E-state index in [-0.39, 0.29) is 5.91 Å². The van der Waals surface area contributed by atoms with Crippen molar-refractivity contribution in [3.05, 3.63) is 27.3 Å². The second-order valence-electron chi connectivity index (χ2n) is 6.15. The molecule has 2 saturated carbocycles. The van der Waals surface area contributed by atoms with Gasteiger partial charge >= 0.3 is 0 Å². The lowest BCUT2D eigenvalue weighted by atomic mass is 9.86. The van der Waals surface area contributed by atoms with Gasteiger partial charge in [0.1, 0.15) is 0 Å². The molecular weight excluding hydrogens is 349 g/mol. The molecule has 0 aromatic heterocycles. The van der Waals surface area contributed by atoms with E-state index in [0.29, 0.717) is 12.3 Å². The largest absolute Gasteiger partial charge is 0.326 e. The van der Waals surface area contributed by atoms with Crippen molar-refractivity contribution < 1.29 is 4.79 Å². The standard InChI is InChI=1S/C16H20INO/c1-10-6-14(17)4-5-15(10)18-16(19)9-13-8-11-2-3-12(13)7-11/h4-6,11-13H,2-3,7-9H2,1H3,(H,18,19)/t11-,12+,13+/m0/s1. The van der Waals surface area contributed by atoms with Crippen LogP contribution < -0.4 is 5.32 Å². The van der Waals surface area contributed by atoms with Crippen LogP contribution in [0.1, 0.15) is 37.7 Å². The molecule has 0 saturated heterocycles. The van der Waals surface area contributed by atoms with Gasteiger partial charge in [0, 0.05) is 15.7 Å². The molecule has 0 heterocycles. The molecule has 2 bridgehead atoms. The number of carbonyl (C=O) groups is 1. The second kappa shape index (κ2) is 5.43. The molecule has 0 unspecified atom stereocenters. The Kier molecular flexibility index (Phi) is 3.83. The molecule has 2 aliphatic carbocycles. The fraction of sp³-hybridized carbons (Fsp3) is 0.562. The molecule has 1 N–H and O–H groups in total. The van der Waals surface area contributed by atoms with E-state index in [9.17, 15) is 4.79 Å². The van der Waals surface area contributed by atoms with E-state index < -0.39 is 0 Å². The first-order chi connectivity index (χ1) is 9.11. The molecule has 3 atom stereocenters. The molecule has 2 nitrogen and oxygen atoms in total. The second-order valence-corrected chi connectivity index (χ2v) is 7.39. The minimum absolute atomic E-state index is 0.196. The Hall–Kier alpha value is -0.580. The summed E-state index contributed by atoms with van der Waals surface area (Å²) in [6, 6.07) is 6.16. The first kappa shape index (κ1) is 13.4. The van der Waals surface area contributed by atoms with E-state index in [1.54, 1.807) is 0 Å². The third-order valence-electron chi connectivity index (χ3n) is 4.79. The Bertz CT molecular complexity index is 500. The Balaban J connectivity index is 1.59. The SMILES string of the molecule is Cc1cc(I)ccc1NC(=O)C[C@H]1C[C@H]2CC[C@@H]1C2. The maximum Gasteiger partial charge on any atom is 0.224 e. The van der Waals surface area contributed by atoms with Gasteiger partial charge in [0.15, 0.2) is 0 Å². The van der Waals surface area contributed by atoms with Gasteiger partial charge in [-0.3, -0.25) is 4.79 Å². The number of hydrogen-bond donors (Lipinski definition) is 1. The summed E-state index contributed by atoms with van der Waals surface area (Å²) in [5.41, 5.74) is 2.11. The van der Waals surface area contributed by atoms with Crippen LogP contribution in [0.5, 0.6) is 0 Å². The number of fused-ring (bicyclic) bond motifs is 2. The highest BCUT2D eigenvalue weighted by Gasteiger charge is 2.40. The number of rotatable bonds is 3. The first-order valence-electron chi connectivity index (χ1n) is 7.18. The zero-order chi connectivity index (χ0) is 13.4. The van der Waals surface area contributed by atoms with Crippen molar-refractivity contribution >= 4 is 34.2 Å². The number of aryl methyl sites for hydroxylation is 1. The maximum absolute atomic E-state index is 12.2. The molecule has 1 aromatic rings. The van der Waals surface area contributed by atoms with Gasteiger partial charge < -0.3 is 5.32 Å². The van der Waals surface area contributed by atoms with Crippen LogP contribution >= 0.6 is 22.6 Å². The van der Waals surface area contributed by atoms with Crippen molar-refractivity contribution in [1.82, 2.24) is 0 Å². The highest BCUT2D eigenvalue weighted by Crippen LogP contribution is 2.49. The third kappa shape index (κ3) is 2.96. The van der Waals surface area contributed by atoms with Crippen molar-refractivity contribution in [2.45, 2.75) is 39.0 Å². The molecule has 3 heteroatoms. The zero-order valence-electron chi connectivity index (χ0n) is 11.3. The van der Waals surface area contributed by atoms with Crippen molar-refractivity contribution in [2.24, 2.45) is 17.8 Å². The third-order valence-corrected chi connectivity index (χ3v) is 5.47. The number of carbonyl (C=O) groups excluding carboxylic acids is 1. The lowest BCUT2D eigenvalue weighted by Gasteiger charge is -2.21. The predicted molar refractivity (Wildman–Crippen MR) is 86.1 cm³/mol. The van der Waals surface area contributed by atoms with Gasteiger partial charge in [-0.05, 0) is 90.3 Å². The molecule has 1 aromatic carbocycles. The van der Waals surface area contributed by atoms with E-state index in [4.69, 9.17) is 0 Å². The molecule has 1 amide bonds. The fourth-order valence-electron chi connectivity index (χ4n) is 3.83. The Morgan fingerprint density at radius 1 is 1.37 bits per heavy atom. The quantitative estimate of drug-likeness (QED) is 0.788. The summed E-state index contributed by atoms with van der Waals surface area (Å²) in [4.78, 5) is 12.2. The van der Waals surface area contributed by atoms with Crippen LogP contribution in [0, 0.1) is 28.2 Å². The number of anilines is 1. The van der Waals surface area contributed by atoms with Gasteiger partial charge in [-0.15, -0.1) is 0 Å². The van der Waals surface area contributed by atoms with Crippen LogP contribution in [0.25, 0.3) is 0 Å². The Labute approximate surface area is 128 Å². The van der Waals surface area contributed by atoms with Crippen LogP contribution in [-0.2, 0) is 4.79 Å². The van der Waals surface area contributed by atoms with Crippen molar-refractivity contribution in [1.29, 1.82) is 0 Å².